The molecule has 0 amide bonds. The van der Waals surface area contributed by atoms with Gasteiger partial charge in [-0.05, 0) is 111 Å². The van der Waals surface area contributed by atoms with Crippen molar-refractivity contribution in [2.45, 2.75) is 157 Å². The Bertz CT molecular complexity index is 4270. The molecule has 402 valence electrons. The van der Waals surface area contributed by atoms with Crippen LogP contribution in [0.15, 0.2) is 158 Å². The second-order valence-corrected chi connectivity index (χ2v) is 30.0. The molecular formula is C78H80N2. The summed E-state index contributed by atoms with van der Waals surface area (Å²) in [6, 6.07) is 62.5. The highest BCUT2D eigenvalue weighted by Crippen LogP contribution is 2.55. The lowest BCUT2D eigenvalue weighted by Gasteiger charge is -2.26. The van der Waals surface area contributed by atoms with Crippen molar-refractivity contribution in [3.05, 3.63) is 191 Å². The predicted octanol–water partition coefficient (Wildman–Crippen LogP) is 22.4. The molecule has 0 saturated carbocycles. The van der Waals surface area contributed by atoms with Crippen LogP contribution >= 0.6 is 0 Å². The number of hydrogen-bond donors (Lipinski definition) is 0. The molecule has 13 rings (SSSR count). The van der Waals surface area contributed by atoms with E-state index in [1.165, 1.54) is 154 Å². The summed E-state index contributed by atoms with van der Waals surface area (Å²) in [6.07, 6.45) is 0. The Balaban J connectivity index is 1.22. The summed E-state index contributed by atoms with van der Waals surface area (Å²) in [5, 5.41) is 10.5. The lowest BCUT2D eigenvalue weighted by molar-refractivity contribution is 0.568. The van der Waals surface area contributed by atoms with Crippen LogP contribution in [0.3, 0.4) is 0 Å². The first-order valence-corrected chi connectivity index (χ1v) is 29.4. The molecule has 0 aliphatic heterocycles. The Kier molecular flexibility index (Phi) is 11.1. The van der Waals surface area contributed by atoms with Gasteiger partial charge in [0.1, 0.15) is 0 Å². The van der Waals surface area contributed by atoms with Crippen molar-refractivity contribution in [2.24, 2.45) is 0 Å². The van der Waals surface area contributed by atoms with Crippen molar-refractivity contribution in [2.75, 3.05) is 0 Å². The maximum Gasteiger partial charge on any atom is 0.0634 e. The van der Waals surface area contributed by atoms with Crippen LogP contribution in [0, 0.1) is 0 Å². The van der Waals surface area contributed by atoms with Crippen LogP contribution in [-0.2, 0) is 32.5 Å². The molecule has 0 saturated heterocycles. The van der Waals surface area contributed by atoms with Crippen molar-refractivity contribution in [1.82, 2.24) is 8.80 Å². The summed E-state index contributed by atoms with van der Waals surface area (Å²) in [4.78, 5) is 0. The van der Waals surface area contributed by atoms with Gasteiger partial charge in [-0.1, -0.05) is 270 Å². The molecule has 0 spiro atoms. The minimum absolute atomic E-state index is 0.0104. The fourth-order valence-corrected chi connectivity index (χ4v) is 13.2. The zero-order chi connectivity index (χ0) is 56.7. The maximum atomic E-state index is 2.69. The molecular weight excluding hydrogens is 965 g/mol. The molecule has 2 heteroatoms. The van der Waals surface area contributed by atoms with Crippen LogP contribution in [0.5, 0.6) is 0 Å². The summed E-state index contributed by atoms with van der Waals surface area (Å²) in [7, 11) is 0. The highest BCUT2D eigenvalue weighted by molar-refractivity contribution is 6.46. The molecule has 0 N–H and O–H groups in total. The predicted molar refractivity (Wildman–Crippen MR) is 350 cm³/mol. The van der Waals surface area contributed by atoms with Gasteiger partial charge in [-0.15, -0.1) is 0 Å². The molecule has 9 aromatic carbocycles. The highest BCUT2D eigenvalue weighted by Gasteiger charge is 2.32. The molecule has 4 heterocycles. The standard InChI is InChI=1S/C78H80N2/c1-73(2,3)51-31-25-45(26-32-51)57-21-19-23-61-67-65-60-36-30-48(50-39-55(77(13,14)15)44-56(40-50)78(16,17)18)42-64(60)80-70-58(46-27-33-52(34-28-46)74(4,5)6)22-20-24-62(70)68(72(65)80)66-59-35-29-47(41-63(59)79(69(57)61)71(66)67)49-37-53(75(7,8)9)43-54(38-49)76(10,11)12/h19-44H,1-18H3. The minimum atomic E-state index is -0.0104. The molecule has 80 heavy (non-hydrogen) atoms. The average molecular weight is 1050 g/mol. The first kappa shape index (κ1) is 52.0. The van der Waals surface area contributed by atoms with Crippen LogP contribution in [0.1, 0.15) is 158 Å². The molecule has 13 aromatic rings. The second-order valence-electron chi connectivity index (χ2n) is 30.0. The highest BCUT2D eigenvalue weighted by atomic mass is 14.9. The van der Waals surface area contributed by atoms with Gasteiger partial charge in [-0.25, -0.2) is 0 Å². The van der Waals surface area contributed by atoms with Crippen molar-refractivity contribution in [1.29, 1.82) is 0 Å². The zero-order valence-corrected chi connectivity index (χ0v) is 50.9. The number of nitrogens with zero attached hydrogens (tertiary/aromatic N) is 2. The third-order valence-corrected chi connectivity index (χ3v) is 18.1. The van der Waals surface area contributed by atoms with E-state index in [-0.39, 0.29) is 32.5 Å². The summed E-state index contributed by atoms with van der Waals surface area (Å²) in [5.74, 6) is 0. The van der Waals surface area contributed by atoms with Gasteiger partial charge in [-0.3, -0.25) is 0 Å². The fraction of sp³-hybridized carbons (Fsp3) is 0.308. The molecule has 0 unspecified atom stereocenters. The molecule has 0 fully saturated rings. The quantitative estimate of drug-likeness (QED) is 0.166. The van der Waals surface area contributed by atoms with E-state index in [4.69, 9.17) is 0 Å². The third-order valence-electron chi connectivity index (χ3n) is 18.1. The Morgan fingerprint density at radius 2 is 0.512 bits per heavy atom. The van der Waals surface area contributed by atoms with Crippen LogP contribution in [0.25, 0.3) is 121 Å². The van der Waals surface area contributed by atoms with Gasteiger partial charge < -0.3 is 8.80 Å². The first-order chi connectivity index (χ1) is 37.5. The number of rotatable bonds is 4. The van der Waals surface area contributed by atoms with Gasteiger partial charge in [0.2, 0.25) is 0 Å². The molecule has 2 nitrogen and oxygen atoms in total. The zero-order valence-electron chi connectivity index (χ0n) is 50.9. The SMILES string of the molecule is CC(C)(C)c1ccc(-c2cccc3c4c5c6ccc(-c7cc(C(C)(C)C)cc(C(C)(C)C)c7)cc6n6c7c(-c8ccc(C(C)(C)C)cc8)cccc7c(c7c8ccc(-c9cc(C(C)(C)C)cc(C(C)(C)C)c9)cc8n(c23)c74)c56)cc1. The Morgan fingerprint density at radius 1 is 0.225 bits per heavy atom. The average Bonchev–Trinajstić information content (AvgIpc) is 2.73. The van der Waals surface area contributed by atoms with E-state index in [0.717, 1.165) is 0 Å². The van der Waals surface area contributed by atoms with Gasteiger partial charge in [0.25, 0.3) is 0 Å². The summed E-state index contributed by atoms with van der Waals surface area (Å²) < 4.78 is 5.38. The lowest BCUT2D eigenvalue weighted by Crippen LogP contribution is -2.16. The monoisotopic (exact) mass is 1040 g/mol. The summed E-state index contributed by atoms with van der Waals surface area (Å²) >= 11 is 0. The molecule has 0 radical (unpaired) electrons. The Hall–Kier alpha value is -7.42. The van der Waals surface area contributed by atoms with E-state index < -0.39 is 0 Å². The van der Waals surface area contributed by atoms with Gasteiger partial charge in [0.05, 0.1) is 33.1 Å². The number of fused-ring (bicyclic) bond motifs is 14. The van der Waals surface area contributed by atoms with E-state index in [1.54, 1.807) is 0 Å². The van der Waals surface area contributed by atoms with Gasteiger partial charge in [0.15, 0.2) is 0 Å². The lowest BCUT2D eigenvalue weighted by atomic mass is 9.79. The minimum Gasteiger partial charge on any atom is -0.307 e. The van der Waals surface area contributed by atoms with Crippen LogP contribution in [0.4, 0.5) is 0 Å². The third kappa shape index (κ3) is 8.01. The number of hydrogen-bond acceptors (Lipinski definition) is 0. The van der Waals surface area contributed by atoms with Crippen LogP contribution in [-0.4, -0.2) is 8.80 Å². The van der Waals surface area contributed by atoms with E-state index >= 15 is 0 Å². The van der Waals surface area contributed by atoms with Crippen molar-refractivity contribution in [3.63, 3.8) is 0 Å². The molecule has 0 aliphatic rings. The van der Waals surface area contributed by atoms with Crippen LogP contribution in [0.2, 0.25) is 0 Å². The van der Waals surface area contributed by atoms with E-state index in [2.05, 4.69) is 291 Å². The number of aromatic nitrogens is 2. The van der Waals surface area contributed by atoms with Gasteiger partial charge >= 0.3 is 0 Å². The van der Waals surface area contributed by atoms with Gasteiger partial charge in [0, 0.05) is 54.2 Å². The molecule has 0 bridgehead atoms. The van der Waals surface area contributed by atoms with Gasteiger partial charge in [-0.2, -0.15) is 0 Å². The summed E-state index contributed by atoms with van der Waals surface area (Å²) in [5.41, 5.74) is 25.8. The molecule has 0 aliphatic carbocycles. The van der Waals surface area contributed by atoms with Crippen molar-refractivity contribution >= 4 is 76.2 Å². The largest absolute Gasteiger partial charge is 0.307 e. The van der Waals surface area contributed by atoms with E-state index in [9.17, 15) is 0 Å². The Morgan fingerprint density at radius 3 is 0.812 bits per heavy atom. The topological polar surface area (TPSA) is 8.82 Å². The smallest absolute Gasteiger partial charge is 0.0634 e. The normalized spacial score (nSPS) is 13.6. The maximum absolute atomic E-state index is 2.69. The molecule has 4 aromatic heterocycles. The molecule has 0 atom stereocenters. The van der Waals surface area contributed by atoms with Crippen molar-refractivity contribution in [3.8, 4) is 44.5 Å². The fourth-order valence-electron chi connectivity index (χ4n) is 13.2. The second kappa shape index (κ2) is 17.1. The Labute approximate surface area is 475 Å². The summed E-state index contributed by atoms with van der Waals surface area (Å²) in [6.45, 7) is 42.0. The van der Waals surface area contributed by atoms with Crippen molar-refractivity contribution < 1.29 is 0 Å². The number of para-hydroxylation sites is 2. The van der Waals surface area contributed by atoms with Crippen LogP contribution < -0.4 is 0 Å². The first-order valence-electron chi connectivity index (χ1n) is 29.4. The van der Waals surface area contributed by atoms with E-state index in [1.807, 2.05) is 0 Å². The number of benzene rings is 9. The van der Waals surface area contributed by atoms with E-state index in [0.29, 0.717) is 0 Å².